The van der Waals surface area contributed by atoms with Crippen LogP contribution in [0.2, 0.25) is 0 Å². The van der Waals surface area contributed by atoms with Crippen molar-refractivity contribution in [2.24, 2.45) is 0 Å². The maximum atomic E-state index is 5.62. The van der Waals surface area contributed by atoms with Crippen molar-refractivity contribution in [3.63, 3.8) is 0 Å². The van der Waals surface area contributed by atoms with Crippen molar-refractivity contribution in [1.29, 1.82) is 0 Å². The Hall–Kier alpha value is -2.36. The third-order valence-corrected chi connectivity index (χ3v) is 2.50. The van der Waals surface area contributed by atoms with E-state index >= 15 is 0 Å². The molecule has 0 aliphatic carbocycles. The molecule has 1 aromatic carbocycles. The number of H-pyrrole nitrogens is 1. The van der Waals surface area contributed by atoms with E-state index in [1.54, 1.807) is 6.20 Å². The van der Waals surface area contributed by atoms with Gasteiger partial charge in [-0.05, 0) is 11.6 Å². The molecule has 0 saturated carbocycles. The van der Waals surface area contributed by atoms with E-state index in [2.05, 4.69) is 15.2 Å². The number of ether oxygens (including phenoxy) is 1. The summed E-state index contributed by atoms with van der Waals surface area (Å²) >= 11 is 0. The first kappa shape index (κ1) is 9.84. The molecule has 0 fully saturated rings. The summed E-state index contributed by atoms with van der Waals surface area (Å²) in [6.45, 7) is 0.525. The van der Waals surface area contributed by atoms with Gasteiger partial charge in [0.15, 0.2) is 0 Å². The number of rotatable bonds is 3. The molecule has 4 nitrogen and oxygen atoms in total. The molecule has 3 aromatic rings. The quantitative estimate of drug-likeness (QED) is 0.745. The predicted octanol–water partition coefficient (Wildman–Crippen LogP) is 2.54. The molecule has 3 rings (SSSR count). The molecule has 1 N–H and O–H groups in total. The second-order valence-corrected chi connectivity index (χ2v) is 3.73. The monoisotopic (exact) mass is 225 g/mol. The Labute approximate surface area is 98.3 Å². The fourth-order valence-corrected chi connectivity index (χ4v) is 1.62. The Morgan fingerprint density at radius 2 is 1.94 bits per heavy atom. The van der Waals surface area contributed by atoms with E-state index in [4.69, 9.17) is 4.74 Å². The maximum Gasteiger partial charge on any atom is 0.214 e. The number of hydrogen-bond donors (Lipinski definition) is 1. The molecule has 2 heterocycles. The molecule has 0 bridgehead atoms. The smallest absolute Gasteiger partial charge is 0.214 e. The van der Waals surface area contributed by atoms with Crippen LogP contribution in [0.5, 0.6) is 5.88 Å². The number of aromatic amines is 1. The first-order valence-electron chi connectivity index (χ1n) is 5.39. The standard InChI is InChI=1S/C13H11N3O/c1-2-4-10(5-3-1)9-17-13-7-6-11-12(15-13)8-14-16-11/h1-8H,9H2,(H,14,16). The lowest BCUT2D eigenvalue weighted by Gasteiger charge is -2.04. The molecule has 0 aliphatic rings. The van der Waals surface area contributed by atoms with Gasteiger partial charge in [-0.1, -0.05) is 30.3 Å². The van der Waals surface area contributed by atoms with E-state index in [1.807, 2.05) is 42.5 Å². The Balaban J connectivity index is 1.76. The first-order chi connectivity index (χ1) is 8.42. The molecule has 0 atom stereocenters. The second-order valence-electron chi connectivity index (χ2n) is 3.73. The minimum absolute atomic E-state index is 0.525. The van der Waals surface area contributed by atoms with Crippen molar-refractivity contribution >= 4 is 11.0 Å². The lowest BCUT2D eigenvalue weighted by atomic mass is 10.2. The summed E-state index contributed by atoms with van der Waals surface area (Å²) in [5, 5.41) is 6.77. The Morgan fingerprint density at radius 3 is 2.82 bits per heavy atom. The van der Waals surface area contributed by atoms with Gasteiger partial charge in [0.05, 0.1) is 11.7 Å². The second kappa shape index (κ2) is 4.25. The molecule has 17 heavy (non-hydrogen) atoms. The SMILES string of the molecule is c1ccc(COc2ccc3[nH]ncc3n2)cc1. The summed E-state index contributed by atoms with van der Waals surface area (Å²) in [5.74, 6) is 0.614. The van der Waals surface area contributed by atoms with Crippen LogP contribution in [0, 0.1) is 0 Å². The van der Waals surface area contributed by atoms with Crippen LogP contribution in [0.4, 0.5) is 0 Å². The predicted molar refractivity (Wildman–Crippen MR) is 64.7 cm³/mol. The van der Waals surface area contributed by atoms with Crippen molar-refractivity contribution in [1.82, 2.24) is 15.2 Å². The fourth-order valence-electron chi connectivity index (χ4n) is 1.62. The summed E-state index contributed by atoms with van der Waals surface area (Å²) in [5.41, 5.74) is 2.86. The zero-order valence-electron chi connectivity index (χ0n) is 9.13. The average Bonchev–Trinajstić information content (AvgIpc) is 2.85. The van der Waals surface area contributed by atoms with E-state index in [1.165, 1.54) is 0 Å². The van der Waals surface area contributed by atoms with Crippen LogP contribution >= 0.6 is 0 Å². The minimum Gasteiger partial charge on any atom is -0.473 e. The van der Waals surface area contributed by atoms with Gasteiger partial charge in [-0.3, -0.25) is 5.10 Å². The maximum absolute atomic E-state index is 5.62. The molecule has 4 heteroatoms. The third kappa shape index (κ3) is 2.10. The van der Waals surface area contributed by atoms with Crippen LogP contribution < -0.4 is 4.74 Å². The number of nitrogens with one attached hydrogen (secondary N) is 1. The molecular formula is C13H11N3O. The topological polar surface area (TPSA) is 50.8 Å². The molecule has 0 unspecified atom stereocenters. The van der Waals surface area contributed by atoms with Crippen molar-refractivity contribution in [3.8, 4) is 5.88 Å². The van der Waals surface area contributed by atoms with Crippen LogP contribution in [-0.4, -0.2) is 15.2 Å². The van der Waals surface area contributed by atoms with Gasteiger partial charge in [0.1, 0.15) is 12.1 Å². The Kier molecular flexibility index (Phi) is 2.46. The molecule has 0 amide bonds. The van der Waals surface area contributed by atoms with Crippen molar-refractivity contribution in [3.05, 3.63) is 54.2 Å². The summed E-state index contributed by atoms with van der Waals surface area (Å²) in [6.07, 6.45) is 1.69. The summed E-state index contributed by atoms with van der Waals surface area (Å²) in [4.78, 5) is 4.33. The summed E-state index contributed by atoms with van der Waals surface area (Å²) in [7, 11) is 0. The van der Waals surface area contributed by atoms with E-state index in [0.29, 0.717) is 12.5 Å². The third-order valence-electron chi connectivity index (χ3n) is 2.50. The van der Waals surface area contributed by atoms with Crippen molar-refractivity contribution < 1.29 is 4.74 Å². The van der Waals surface area contributed by atoms with Crippen LogP contribution in [0.1, 0.15) is 5.56 Å². The zero-order valence-corrected chi connectivity index (χ0v) is 9.13. The Morgan fingerprint density at radius 1 is 1.06 bits per heavy atom. The lowest BCUT2D eigenvalue weighted by Crippen LogP contribution is -1.96. The number of hydrogen-bond acceptors (Lipinski definition) is 3. The Bertz CT molecular complexity index is 619. The molecular weight excluding hydrogens is 214 g/mol. The number of benzene rings is 1. The van der Waals surface area contributed by atoms with Gasteiger partial charge >= 0.3 is 0 Å². The zero-order chi connectivity index (χ0) is 11.5. The van der Waals surface area contributed by atoms with E-state index in [9.17, 15) is 0 Å². The molecule has 84 valence electrons. The van der Waals surface area contributed by atoms with Crippen LogP contribution in [0.25, 0.3) is 11.0 Å². The van der Waals surface area contributed by atoms with Crippen LogP contribution in [0.3, 0.4) is 0 Å². The van der Waals surface area contributed by atoms with Crippen LogP contribution in [0.15, 0.2) is 48.7 Å². The number of aromatic nitrogens is 3. The molecule has 0 aliphatic heterocycles. The lowest BCUT2D eigenvalue weighted by molar-refractivity contribution is 0.295. The highest BCUT2D eigenvalue weighted by Crippen LogP contribution is 2.14. The normalized spacial score (nSPS) is 10.6. The summed E-state index contributed by atoms with van der Waals surface area (Å²) in [6, 6.07) is 13.8. The average molecular weight is 225 g/mol. The van der Waals surface area contributed by atoms with Gasteiger partial charge in [-0.15, -0.1) is 0 Å². The van der Waals surface area contributed by atoms with E-state index in [-0.39, 0.29) is 0 Å². The molecule has 2 aromatic heterocycles. The number of nitrogens with zero attached hydrogens (tertiary/aromatic N) is 2. The number of pyridine rings is 1. The van der Waals surface area contributed by atoms with E-state index < -0.39 is 0 Å². The van der Waals surface area contributed by atoms with Gasteiger partial charge in [0.2, 0.25) is 5.88 Å². The minimum atomic E-state index is 0.525. The fraction of sp³-hybridized carbons (Fsp3) is 0.0769. The number of fused-ring (bicyclic) bond motifs is 1. The van der Waals surface area contributed by atoms with Gasteiger partial charge in [0.25, 0.3) is 0 Å². The van der Waals surface area contributed by atoms with Gasteiger partial charge in [-0.2, -0.15) is 5.10 Å². The van der Waals surface area contributed by atoms with Crippen molar-refractivity contribution in [2.45, 2.75) is 6.61 Å². The van der Waals surface area contributed by atoms with Gasteiger partial charge < -0.3 is 4.74 Å². The largest absolute Gasteiger partial charge is 0.473 e. The molecule has 0 spiro atoms. The highest BCUT2D eigenvalue weighted by molar-refractivity contribution is 5.73. The first-order valence-corrected chi connectivity index (χ1v) is 5.39. The molecule has 0 saturated heterocycles. The van der Waals surface area contributed by atoms with Gasteiger partial charge in [0, 0.05) is 6.07 Å². The van der Waals surface area contributed by atoms with Gasteiger partial charge in [-0.25, -0.2) is 4.98 Å². The van der Waals surface area contributed by atoms with Crippen LogP contribution in [-0.2, 0) is 6.61 Å². The highest BCUT2D eigenvalue weighted by Gasteiger charge is 2.00. The summed E-state index contributed by atoms with van der Waals surface area (Å²) < 4.78 is 5.62. The highest BCUT2D eigenvalue weighted by atomic mass is 16.5. The van der Waals surface area contributed by atoms with E-state index in [0.717, 1.165) is 16.6 Å². The van der Waals surface area contributed by atoms with Crippen molar-refractivity contribution in [2.75, 3.05) is 0 Å². The molecule has 0 radical (unpaired) electrons.